The number of methoxy groups -OCH3 is 1. The molecule has 0 aliphatic heterocycles. The summed E-state index contributed by atoms with van der Waals surface area (Å²) in [4.78, 5) is 13.7. The van der Waals surface area contributed by atoms with Crippen molar-refractivity contribution in [3.63, 3.8) is 0 Å². The van der Waals surface area contributed by atoms with Gasteiger partial charge in [0.2, 0.25) is 5.91 Å². The maximum Gasteiger partial charge on any atom is 0.219 e. The predicted molar refractivity (Wildman–Crippen MR) is 67.4 cm³/mol. The molecule has 18 heavy (non-hydrogen) atoms. The number of primary amides is 1. The summed E-state index contributed by atoms with van der Waals surface area (Å²) in [5, 5.41) is 0. The van der Waals surface area contributed by atoms with Gasteiger partial charge in [-0.3, -0.25) is 4.79 Å². The topological polar surface area (TPSA) is 73.0 Å². The molecule has 0 aliphatic rings. The maximum atomic E-state index is 13.5. The van der Waals surface area contributed by atoms with Crippen LogP contribution in [0.25, 0.3) is 11.0 Å². The van der Waals surface area contributed by atoms with Crippen molar-refractivity contribution in [2.45, 2.75) is 13.0 Å². The lowest BCUT2D eigenvalue weighted by atomic mass is 10.2. The molecule has 96 valence electrons. The van der Waals surface area contributed by atoms with Gasteiger partial charge >= 0.3 is 0 Å². The number of nitrogens with one attached hydrogen (secondary N) is 1. The average Bonchev–Trinajstić information content (AvgIpc) is 2.60. The molecule has 1 amide bonds. The van der Waals surface area contributed by atoms with Crippen LogP contribution in [-0.4, -0.2) is 22.6 Å². The molecule has 7 heteroatoms. The molecule has 1 aromatic heterocycles. The number of halogens is 1. The Kier molecular flexibility index (Phi) is 3.33. The van der Waals surface area contributed by atoms with Gasteiger partial charge in [-0.25, -0.2) is 4.39 Å². The predicted octanol–water partition coefficient (Wildman–Crippen LogP) is 1.72. The third kappa shape index (κ3) is 2.21. The van der Waals surface area contributed by atoms with Crippen LogP contribution in [0.4, 0.5) is 4.39 Å². The van der Waals surface area contributed by atoms with Gasteiger partial charge in [0.15, 0.2) is 16.3 Å². The van der Waals surface area contributed by atoms with Crippen LogP contribution < -0.4 is 10.5 Å². The molecular weight excluding hydrogens is 257 g/mol. The molecule has 0 unspecified atom stereocenters. The first-order valence-corrected chi connectivity index (χ1v) is 5.68. The van der Waals surface area contributed by atoms with Crippen molar-refractivity contribution in [3.8, 4) is 5.75 Å². The van der Waals surface area contributed by atoms with E-state index in [0.717, 1.165) is 0 Å². The molecule has 0 radical (unpaired) electrons. The van der Waals surface area contributed by atoms with Crippen molar-refractivity contribution in [3.05, 3.63) is 22.7 Å². The van der Waals surface area contributed by atoms with Crippen molar-refractivity contribution in [1.82, 2.24) is 9.55 Å². The van der Waals surface area contributed by atoms with E-state index in [1.54, 1.807) is 4.57 Å². The van der Waals surface area contributed by atoms with Crippen molar-refractivity contribution < 1.29 is 13.9 Å². The number of carbonyl (C=O) groups excluding carboxylic acids is 1. The van der Waals surface area contributed by atoms with Crippen LogP contribution in [0.15, 0.2) is 12.1 Å². The summed E-state index contributed by atoms with van der Waals surface area (Å²) < 4.78 is 20.5. The fourth-order valence-electron chi connectivity index (χ4n) is 1.76. The molecule has 0 saturated heterocycles. The number of hydrogen-bond donors (Lipinski definition) is 2. The van der Waals surface area contributed by atoms with Crippen molar-refractivity contribution in [2.24, 2.45) is 5.73 Å². The molecule has 2 aromatic rings. The monoisotopic (exact) mass is 269 g/mol. The SMILES string of the molecule is COc1cc2c(cc1F)[nH]c(=S)n2CCC(N)=O. The molecule has 1 aromatic carbocycles. The largest absolute Gasteiger partial charge is 0.494 e. The Morgan fingerprint density at radius 2 is 2.33 bits per heavy atom. The molecule has 2 rings (SSSR count). The molecule has 0 saturated carbocycles. The number of amides is 1. The van der Waals surface area contributed by atoms with E-state index in [2.05, 4.69) is 4.98 Å². The Bertz CT molecular complexity index is 662. The zero-order valence-corrected chi connectivity index (χ0v) is 10.5. The minimum absolute atomic E-state index is 0.129. The van der Waals surface area contributed by atoms with E-state index >= 15 is 0 Å². The summed E-state index contributed by atoms with van der Waals surface area (Å²) in [6.07, 6.45) is 0.168. The molecule has 5 nitrogen and oxygen atoms in total. The number of nitrogens with zero attached hydrogens (tertiary/aromatic N) is 1. The Labute approximate surface area is 107 Å². The van der Waals surface area contributed by atoms with Gasteiger partial charge in [0.1, 0.15) is 0 Å². The number of H-pyrrole nitrogens is 1. The van der Waals surface area contributed by atoms with E-state index in [1.165, 1.54) is 19.2 Å². The summed E-state index contributed by atoms with van der Waals surface area (Å²) in [7, 11) is 1.39. The normalized spacial score (nSPS) is 10.8. The molecule has 0 aliphatic carbocycles. The third-order valence-corrected chi connectivity index (χ3v) is 2.95. The highest BCUT2D eigenvalue weighted by Crippen LogP contribution is 2.24. The van der Waals surface area contributed by atoms with Crippen LogP contribution in [-0.2, 0) is 11.3 Å². The smallest absolute Gasteiger partial charge is 0.219 e. The van der Waals surface area contributed by atoms with E-state index in [-0.39, 0.29) is 12.2 Å². The second kappa shape index (κ2) is 4.77. The van der Waals surface area contributed by atoms with Gasteiger partial charge in [-0.15, -0.1) is 0 Å². The van der Waals surface area contributed by atoms with Gasteiger partial charge in [0.05, 0.1) is 18.1 Å². The molecule has 0 fully saturated rings. The molecule has 3 N–H and O–H groups in total. The number of aromatic nitrogens is 2. The Hall–Kier alpha value is -1.89. The average molecular weight is 269 g/mol. The standard InChI is InChI=1S/C11H12FN3O2S/c1-17-9-5-8-7(4-6(9)12)14-11(18)15(8)3-2-10(13)16/h4-5H,2-3H2,1H3,(H2,13,16)(H,14,18). The van der Waals surface area contributed by atoms with Gasteiger partial charge in [-0.05, 0) is 12.2 Å². The van der Waals surface area contributed by atoms with Crippen LogP contribution >= 0.6 is 12.2 Å². The first kappa shape index (κ1) is 12.6. The summed E-state index contributed by atoms with van der Waals surface area (Å²) in [6.45, 7) is 0.350. The van der Waals surface area contributed by atoms with Crippen molar-refractivity contribution in [1.29, 1.82) is 0 Å². The van der Waals surface area contributed by atoms with E-state index in [0.29, 0.717) is 22.3 Å². The van der Waals surface area contributed by atoms with Crippen molar-refractivity contribution >= 4 is 29.2 Å². The lowest BCUT2D eigenvalue weighted by Gasteiger charge is -2.05. The molecular formula is C11H12FN3O2S. The van der Waals surface area contributed by atoms with E-state index < -0.39 is 11.7 Å². The minimum Gasteiger partial charge on any atom is -0.494 e. The van der Waals surface area contributed by atoms with Crippen LogP contribution in [0.5, 0.6) is 5.75 Å². The van der Waals surface area contributed by atoms with Gasteiger partial charge < -0.3 is 20.0 Å². The summed E-state index contributed by atoms with van der Waals surface area (Å²) in [6, 6.07) is 2.85. The number of hydrogen-bond acceptors (Lipinski definition) is 3. The Morgan fingerprint density at radius 1 is 1.61 bits per heavy atom. The zero-order valence-electron chi connectivity index (χ0n) is 9.70. The highest BCUT2D eigenvalue weighted by atomic mass is 32.1. The number of benzene rings is 1. The molecule has 0 atom stereocenters. The van der Waals surface area contributed by atoms with Crippen LogP contribution in [0.3, 0.4) is 0 Å². The summed E-state index contributed by atoms with van der Waals surface area (Å²) in [5.74, 6) is -0.757. The Morgan fingerprint density at radius 3 is 2.94 bits per heavy atom. The number of ether oxygens (including phenoxy) is 1. The number of aryl methyl sites for hydroxylation is 1. The van der Waals surface area contributed by atoms with Crippen LogP contribution in [0.2, 0.25) is 0 Å². The molecule has 0 bridgehead atoms. The first-order chi connectivity index (χ1) is 8.52. The fourth-order valence-corrected chi connectivity index (χ4v) is 2.06. The second-order valence-corrected chi connectivity index (χ2v) is 4.19. The number of rotatable bonds is 4. The number of nitrogens with two attached hydrogens (primary N) is 1. The van der Waals surface area contributed by atoms with Gasteiger partial charge in [0, 0.05) is 25.1 Å². The quantitative estimate of drug-likeness (QED) is 0.830. The lowest BCUT2D eigenvalue weighted by Crippen LogP contribution is -2.13. The fraction of sp³-hybridized carbons (Fsp3) is 0.273. The second-order valence-electron chi connectivity index (χ2n) is 3.80. The third-order valence-electron chi connectivity index (χ3n) is 2.63. The van der Waals surface area contributed by atoms with Gasteiger partial charge in [-0.1, -0.05) is 0 Å². The summed E-state index contributed by atoms with van der Waals surface area (Å²) in [5.41, 5.74) is 6.34. The number of imidazole rings is 1. The van der Waals surface area contributed by atoms with E-state index in [9.17, 15) is 9.18 Å². The van der Waals surface area contributed by atoms with Crippen molar-refractivity contribution in [2.75, 3.05) is 7.11 Å². The zero-order chi connectivity index (χ0) is 13.3. The van der Waals surface area contributed by atoms with Crippen LogP contribution in [0, 0.1) is 10.6 Å². The highest BCUT2D eigenvalue weighted by Gasteiger charge is 2.10. The van der Waals surface area contributed by atoms with Gasteiger partial charge in [-0.2, -0.15) is 0 Å². The van der Waals surface area contributed by atoms with E-state index in [1.807, 2.05) is 0 Å². The number of fused-ring (bicyclic) bond motifs is 1. The molecule has 1 heterocycles. The highest BCUT2D eigenvalue weighted by molar-refractivity contribution is 7.71. The first-order valence-electron chi connectivity index (χ1n) is 5.27. The summed E-state index contributed by atoms with van der Waals surface area (Å²) >= 11 is 5.12. The maximum absolute atomic E-state index is 13.5. The molecule has 0 spiro atoms. The number of carbonyl (C=O) groups is 1. The lowest BCUT2D eigenvalue weighted by molar-refractivity contribution is -0.118. The van der Waals surface area contributed by atoms with E-state index in [4.69, 9.17) is 22.7 Å². The Balaban J connectivity index is 2.55. The van der Waals surface area contributed by atoms with Gasteiger partial charge in [0.25, 0.3) is 0 Å². The van der Waals surface area contributed by atoms with Crippen LogP contribution in [0.1, 0.15) is 6.42 Å². The number of aromatic amines is 1. The minimum atomic E-state index is -0.469.